The number of hydrogen-bond donors (Lipinski definition) is 2. The van der Waals surface area contributed by atoms with E-state index < -0.39 is 44.3 Å². The summed E-state index contributed by atoms with van der Waals surface area (Å²) in [4.78, 5) is 48.6. The van der Waals surface area contributed by atoms with Gasteiger partial charge in [0.1, 0.15) is 23.4 Å². The Morgan fingerprint density at radius 1 is 1.20 bits per heavy atom. The number of methoxy groups -OCH3 is 1. The fourth-order valence-corrected chi connectivity index (χ4v) is 9.32. The van der Waals surface area contributed by atoms with Crippen molar-refractivity contribution >= 4 is 38.5 Å². The summed E-state index contributed by atoms with van der Waals surface area (Å²) in [5.74, 6) is 0.367. The molecular formula is C38H50N4O8S. The minimum Gasteiger partial charge on any atom is -0.497 e. The molecule has 4 heterocycles. The van der Waals surface area contributed by atoms with Crippen LogP contribution in [0.1, 0.15) is 90.5 Å². The molecule has 0 unspecified atom stereocenters. The molecule has 3 aliphatic heterocycles. The molecule has 0 radical (unpaired) electrons. The number of nitrogens with one attached hydrogen (secondary N) is 2. The lowest BCUT2D eigenvalue weighted by Gasteiger charge is -2.28. The molecule has 2 aliphatic carbocycles. The van der Waals surface area contributed by atoms with Crippen LogP contribution in [-0.2, 0) is 30.8 Å². The van der Waals surface area contributed by atoms with Gasteiger partial charge in [-0.3, -0.25) is 19.1 Å². The van der Waals surface area contributed by atoms with E-state index in [4.69, 9.17) is 19.2 Å². The third-order valence-electron chi connectivity index (χ3n) is 11.8. The van der Waals surface area contributed by atoms with E-state index in [1.54, 1.807) is 18.9 Å². The quantitative estimate of drug-likeness (QED) is 0.391. The van der Waals surface area contributed by atoms with E-state index in [0.29, 0.717) is 49.3 Å². The lowest BCUT2D eigenvalue weighted by atomic mass is 9.88. The molecule has 13 heteroatoms. The van der Waals surface area contributed by atoms with Crippen molar-refractivity contribution in [3.63, 3.8) is 0 Å². The number of benzene rings is 1. The number of aryl methyl sites for hydroxylation is 1. The van der Waals surface area contributed by atoms with Gasteiger partial charge in [0.25, 0.3) is 5.91 Å². The molecule has 7 rings (SSSR count). The number of pyridine rings is 1. The Labute approximate surface area is 300 Å². The van der Waals surface area contributed by atoms with Crippen LogP contribution in [0.2, 0.25) is 0 Å². The average Bonchev–Trinajstić information content (AvgIpc) is 3.99. The Kier molecular flexibility index (Phi) is 9.47. The highest BCUT2D eigenvalue weighted by Crippen LogP contribution is 2.48. The number of hydrogen-bond acceptors (Lipinski definition) is 9. The Balaban J connectivity index is 1.19. The van der Waals surface area contributed by atoms with Crippen molar-refractivity contribution in [3.05, 3.63) is 35.9 Å². The molecule has 6 atom stereocenters. The van der Waals surface area contributed by atoms with Crippen molar-refractivity contribution in [2.75, 3.05) is 20.3 Å². The molecule has 276 valence electrons. The largest absolute Gasteiger partial charge is 0.497 e. The van der Waals surface area contributed by atoms with Crippen LogP contribution in [0.15, 0.2) is 30.4 Å². The maximum absolute atomic E-state index is 14.3. The van der Waals surface area contributed by atoms with E-state index >= 15 is 0 Å². The van der Waals surface area contributed by atoms with Gasteiger partial charge in [-0.1, -0.05) is 32.4 Å². The van der Waals surface area contributed by atoms with Crippen LogP contribution in [0.3, 0.4) is 0 Å². The van der Waals surface area contributed by atoms with Crippen molar-refractivity contribution in [1.82, 2.24) is 19.9 Å². The van der Waals surface area contributed by atoms with Gasteiger partial charge in [0.05, 0.1) is 25.0 Å². The summed E-state index contributed by atoms with van der Waals surface area (Å²) in [5.41, 5.74) is -0.436. The SMILES string of the molecule is CC[C@H]1CC(=O)N2C[C@H](Oc3nc4c(c5cc(OC)ccc35)CCCO4)C[C@H]2C(=O)N[C@]2(C(=O)NS(=O)(=O)C3(C)CC3)C[C@H]2/C=C\CC[C@@H](C)C1. The van der Waals surface area contributed by atoms with Crippen LogP contribution in [0.25, 0.3) is 10.8 Å². The van der Waals surface area contributed by atoms with Crippen LogP contribution in [-0.4, -0.2) is 78.7 Å². The summed E-state index contributed by atoms with van der Waals surface area (Å²) in [6, 6.07) is 4.79. The highest BCUT2D eigenvalue weighted by atomic mass is 32.2. The summed E-state index contributed by atoms with van der Waals surface area (Å²) < 4.78 is 45.6. The molecule has 0 bridgehead atoms. The standard InChI is InChI=1S/C38H50N4O8S/c1-5-24-17-23(2)9-6-7-10-25-21-38(25,36(45)41-51(46,47)37(3)14-15-37)40-33(44)31-20-27(22-42(31)32(43)18-24)50-35-29-13-12-26(48-4)19-30(29)28-11-8-16-49-34(28)39-35/h7,10,12-13,19,23-25,27,31H,5-6,8-9,11,14-18,20-22H2,1-4H3,(H,40,44)(H,41,45)/b10-7-/t23-,24-,25-,27-,31+,38-/m1/s1. The first-order valence-electron chi connectivity index (χ1n) is 18.5. The third kappa shape index (κ3) is 6.90. The first-order valence-corrected chi connectivity index (χ1v) is 20.0. The summed E-state index contributed by atoms with van der Waals surface area (Å²) in [6.45, 7) is 6.62. The van der Waals surface area contributed by atoms with E-state index in [9.17, 15) is 22.8 Å². The summed E-state index contributed by atoms with van der Waals surface area (Å²) in [5, 5.41) is 4.67. The molecule has 0 spiro atoms. The van der Waals surface area contributed by atoms with E-state index in [1.165, 1.54) is 0 Å². The lowest BCUT2D eigenvalue weighted by molar-refractivity contribution is -0.140. The van der Waals surface area contributed by atoms with E-state index in [1.807, 2.05) is 30.4 Å². The van der Waals surface area contributed by atoms with Gasteiger partial charge in [0, 0.05) is 29.7 Å². The number of rotatable bonds is 7. The Hall–Kier alpha value is -3.87. The van der Waals surface area contributed by atoms with Crippen LogP contribution >= 0.6 is 0 Å². The topological polar surface area (TPSA) is 153 Å². The van der Waals surface area contributed by atoms with E-state index in [0.717, 1.165) is 54.9 Å². The second-order valence-corrected chi connectivity index (χ2v) is 17.8. The number of nitrogens with zero attached hydrogens (tertiary/aromatic N) is 2. The molecule has 2 N–H and O–H groups in total. The molecular weight excluding hydrogens is 673 g/mol. The van der Waals surface area contributed by atoms with Gasteiger partial charge < -0.3 is 24.4 Å². The van der Waals surface area contributed by atoms with Crippen molar-refractivity contribution in [1.29, 1.82) is 0 Å². The smallest absolute Gasteiger partial charge is 0.259 e. The Morgan fingerprint density at radius 3 is 2.75 bits per heavy atom. The average molecular weight is 723 g/mol. The van der Waals surface area contributed by atoms with Crippen LogP contribution in [0.5, 0.6) is 17.5 Å². The van der Waals surface area contributed by atoms with Crippen LogP contribution < -0.4 is 24.2 Å². The van der Waals surface area contributed by atoms with E-state index in [2.05, 4.69) is 23.9 Å². The molecule has 2 saturated carbocycles. The van der Waals surface area contributed by atoms with Gasteiger partial charge >= 0.3 is 0 Å². The minimum atomic E-state index is -3.93. The normalized spacial score (nSPS) is 31.1. The van der Waals surface area contributed by atoms with Crippen molar-refractivity contribution in [2.24, 2.45) is 17.8 Å². The third-order valence-corrected chi connectivity index (χ3v) is 13.9. The maximum atomic E-state index is 14.3. The molecule has 1 saturated heterocycles. The molecule has 1 aromatic heterocycles. The molecule has 3 fully saturated rings. The van der Waals surface area contributed by atoms with Crippen molar-refractivity contribution in [3.8, 4) is 17.5 Å². The van der Waals surface area contributed by atoms with Crippen LogP contribution in [0.4, 0.5) is 0 Å². The Morgan fingerprint density at radius 2 is 2.00 bits per heavy atom. The molecule has 5 aliphatic rings. The predicted octanol–water partition coefficient (Wildman–Crippen LogP) is 4.58. The van der Waals surface area contributed by atoms with Gasteiger partial charge in [-0.05, 0) is 93.7 Å². The first kappa shape index (κ1) is 35.5. The summed E-state index contributed by atoms with van der Waals surface area (Å²) >= 11 is 0. The summed E-state index contributed by atoms with van der Waals surface area (Å²) in [7, 11) is -2.31. The Bertz CT molecular complexity index is 1860. The molecule has 51 heavy (non-hydrogen) atoms. The molecule has 12 nitrogen and oxygen atoms in total. The number of aromatic nitrogens is 1. The number of sulfonamides is 1. The monoisotopic (exact) mass is 722 g/mol. The molecule has 1 aromatic carbocycles. The zero-order valence-electron chi connectivity index (χ0n) is 30.0. The zero-order valence-corrected chi connectivity index (χ0v) is 30.9. The zero-order chi connectivity index (χ0) is 36.1. The second kappa shape index (κ2) is 13.6. The number of amides is 3. The maximum Gasteiger partial charge on any atom is 0.259 e. The van der Waals surface area contributed by atoms with E-state index in [-0.39, 0.29) is 37.1 Å². The van der Waals surface area contributed by atoms with Crippen LogP contribution in [0, 0.1) is 17.8 Å². The van der Waals surface area contributed by atoms with Gasteiger partial charge in [0.15, 0.2) is 0 Å². The fraction of sp³-hybridized carbons (Fsp3) is 0.632. The van der Waals surface area contributed by atoms with Gasteiger partial charge in [-0.15, -0.1) is 0 Å². The number of ether oxygens (including phenoxy) is 3. The number of allylic oxidation sites excluding steroid dienone is 1. The highest BCUT2D eigenvalue weighted by molar-refractivity contribution is 7.91. The van der Waals surface area contributed by atoms with Gasteiger partial charge in [-0.25, -0.2) is 8.42 Å². The lowest BCUT2D eigenvalue weighted by Crippen LogP contribution is -2.57. The van der Waals surface area contributed by atoms with Gasteiger partial charge in [0.2, 0.25) is 33.6 Å². The minimum absolute atomic E-state index is 0.139. The predicted molar refractivity (Wildman–Crippen MR) is 191 cm³/mol. The van der Waals surface area contributed by atoms with Crippen molar-refractivity contribution < 1.29 is 37.0 Å². The number of carbonyl (C=O) groups is 3. The second-order valence-electron chi connectivity index (χ2n) is 15.6. The fourth-order valence-electron chi connectivity index (χ4n) is 8.01. The number of fused-ring (bicyclic) bond motifs is 5. The number of carbonyl (C=O) groups excluding carboxylic acids is 3. The highest BCUT2D eigenvalue weighted by Gasteiger charge is 2.63. The molecule has 2 aromatic rings. The molecule has 3 amide bonds. The van der Waals surface area contributed by atoms with Crippen molar-refractivity contribution in [2.45, 2.75) is 114 Å². The van der Waals surface area contributed by atoms with Gasteiger partial charge in [-0.2, -0.15) is 4.98 Å². The first-order chi connectivity index (χ1) is 24.4. The summed E-state index contributed by atoms with van der Waals surface area (Å²) in [6.07, 6.45) is 10.2.